The van der Waals surface area contributed by atoms with E-state index in [0.717, 1.165) is 24.0 Å². The smallest absolute Gasteiger partial charge is 0.232 e. The highest BCUT2D eigenvalue weighted by atomic mass is 32.1. The van der Waals surface area contributed by atoms with Gasteiger partial charge in [-0.2, -0.15) is 0 Å². The second kappa shape index (κ2) is 7.04. The summed E-state index contributed by atoms with van der Waals surface area (Å²) in [7, 11) is 0. The Kier molecular flexibility index (Phi) is 4.57. The fraction of sp³-hybridized carbons (Fsp3) is 0.545. The zero-order chi connectivity index (χ0) is 21.0. The molecule has 2 aromatic rings. The van der Waals surface area contributed by atoms with Crippen molar-refractivity contribution in [2.45, 2.75) is 52.4 Å². The topological polar surface area (TPSA) is 100 Å². The molecule has 0 saturated heterocycles. The first-order valence-electron chi connectivity index (χ1n) is 10.6. The standard InChI is InChI=1S/C22H26N4O3S/c1-11(27)23-16-6-17(24-12(2)28)19-18(7-16)30-21(25-19)26-20(29)22-8-13-3-14(9-22)5-15(4-13)10-22/h6-7,13-15H,3-5,8-10H2,1-2H3,(H,23,27)(H,24,28)(H,25,26,29). The number of thiazole rings is 1. The van der Waals surface area contributed by atoms with Gasteiger partial charge in [-0.3, -0.25) is 14.4 Å². The molecule has 0 spiro atoms. The quantitative estimate of drug-likeness (QED) is 0.676. The van der Waals surface area contributed by atoms with E-state index < -0.39 is 0 Å². The summed E-state index contributed by atoms with van der Waals surface area (Å²) in [5.74, 6) is 1.78. The minimum absolute atomic E-state index is 0.101. The van der Waals surface area contributed by atoms with Crippen molar-refractivity contribution in [1.29, 1.82) is 0 Å². The van der Waals surface area contributed by atoms with Gasteiger partial charge in [-0.1, -0.05) is 11.3 Å². The summed E-state index contributed by atoms with van der Waals surface area (Å²) in [6.07, 6.45) is 6.87. The number of anilines is 3. The van der Waals surface area contributed by atoms with E-state index in [4.69, 9.17) is 0 Å². The summed E-state index contributed by atoms with van der Waals surface area (Å²) in [6, 6.07) is 3.51. The van der Waals surface area contributed by atoms with E-state index in [1.807, 2.05) is 6.07 Å². The predicted octanol–water partition coefficient (Wildman–Crippen LogP) is 4.37. The van der Waals surface area contributed by atoms with Gasteiger partial charge in [0.15, 0.2) is 5.13 Å². The molecule has 4 bridgehead atoms. The van der Waals surface area contributed by atoms with Crippen LogP contribution in [0, 0.1) is 23.2 Å². The average Bonchev–Trinajstić information content (AvgIpc) is 3.02. The monoisotopic (exact) mass is 426 g/mol. The zero-order valence-corrected chi connectivity index (χ0v) is 18.0. The van der Waals surface area contributed by atoms with Crippen molar-refractivity contribution in [2.75, 3.05) is 16.0 Å². The molecule has 158 valence electrons. The lowest BCUT2D eigenvalue weighted by atomic mass is 9.49. The van der Waals surface area contributed by atoms with Gasteiger partial charge in [0.05, 0.1) is 15.8 Å². The van der Waals surface area contributed by atoms with Crippen LogP contribution < -0.4 is 16.0 Å². The highest BCUT2D eigenvalue weighted by Gasteiger charge is 2.54. The van der Waals surface area contributed by atoms with Gasteiger partial charge < -0.3 is 16.0 Å². The molecule has 8 heteroatoms. The molecule has 1 heterocycles. The van der Waals surface area contributed by atoms with Gasteiger partial charge in [0.1, 0.15) is 5.52 Å². The Hall–Kier alpha value is -2.48. The first-order valence-corrected chi connectivity index (χ1v) is 11.4. The van der Waals surface area contributed by atoms with Crippen LogP contribution in [0.3, 0.4) is 0 Å². The van der Waals surface area contributed by atoms with Crippen molar-refractivity contribution in [3.05, 3.63) is 12.1 Å². The van der Waals surface area contributed by atoms with Gasteiger partial charge >= 0.3 is 0 Å². The maximum Gasteiger partial charge on any atom is 0.232 e. The molecule has 3 N–H and O–H groups in total. The summed E-state index contributed by atoms with van der Waals surface area (Å²) < 4.78 is 0.797. The number of rotatable bonds is 4. The van der Waals surface area contributed by atoms with Gasteiger partial charge in [-0.25, -0.2) is 4.98 Å². The molecule has 6 rings (SSSR count). The molecule has 1 aromatic heterocycles. The minimum atomic E-state index is -0.242. The predicted molar refractivity (Wildman–Crippen MR) is 117 cm³/mol. The fourth-order valence-corrected chi connectivity index (χ4v) is 7.19. The maximum atomic E-state index is 13.3. The van der Waals surface area contributed by atoms with E-state index in [9.17, 15) is 14.4 Å². The van der Waals surface area contributed by atoms with E-state index in [1.54, 1.807) is 6.07 Å². The van der Waals surface area contributed by atoms with Crippen LogP contribution in [0.1, 0.15) is 52.4 Å². The Labute approximate surface area is 179 Å². The third-order valence-corrected chi connectivity index (χ3v) is 7.78. The molecule has 7 nitrogen and oxygen atoms in total. The normalized spacial score (nSPS) is 29.1. The maximum absolute atomic E-state index is 13.3. The SMILES string of the molecule is CC(=O)Nc1cc(NC(C)=O)c2nc(NC(=O)C34CC5CC(CC(C5)C3)C4)sc2c1. The van der Waals surface area contributed by atoms with Crippen molar-refractivity contribution in [3.63, 3.8) is 0 Å². The third-order valence-electron chi connectivity index (χ3n) is 6.87. The van der Waals surface area contributed by atoms with E-state index in [0.29, 0.717) is 39.8 Å². The first kappa shape index (κ1) is 19.5. The van der Waals surface area contributed by atoms with Crippen LogP contribution in [-0.2, 0) is 14.4 Å². The number of nitrogens with one attached hydrogen (secondary N) is 3. The molecule has 0 aliphatic heterocycles. The van der Waals surface area contributed by atoms with Crippen LogP contribution in [0.25, 0.3) is 10.2 Å². The van der Waals surface area contributed by atoms with Crippen molar-refractivity contribution in [3.8, 4) is 0 Å². The number of fused-ring (bicyclic) bond motifs is 1. The number of benzene rings is 1. The summed E-state index contributed by atoms with van der Waals surface area (Å²) in [5, 5.41) is 9.17. The number of carbonyl (C=O) groups excluding carboxylic acids is 3. The summed E-state index contributed by atoms with van der Waals surface area (Å²) in [6.45, 7) is 2.87. The van der Waals surface area contributed by atoms with Gasteiger partial charge in [0, 0.05) is 19.5 Å². The largest absolute Gasteiger partial charge is 0.326 e. The molecule has 0 radical (unpaired) electrons. The van der Waals surface area contributed by atoms with Crippen molar-refractivity contribution in [1.82, 2.24) is 4.98 Å². The van der Waals surface area contributed by atoms with Crippen molar-refractivity contribution < 1.29 is 14.4 Å². The Morgan fingerprint density at radius 3 is 2.10 bits per heavy atom. The first-order chi connectivity index (χ1) is 14.3. The van der Waals surface area contributed by atoms with Gasteiger partial charge in [-0.05, 0) is 68.4 Å². The Morgan fingerprint density at radius 1 is 0.933 bits per heavy atom. The Bertz CT molecular complexity index is 1020. The zero-order valence-electron chi connectivity index (χ0n) is 17.2. The lowest BCUT2D eigenvalue weighted by Gasteiger charge is -2.55. The van der Waals surface area contributed by atoms with Crippen LogP contribution in [0.4, 0.5) is 16.5 Å². The molecule has 3 amide bonds. The molecule has 4 fully saturated rings. The molecule has 4 saturated carbocycles. The number of hydrogen-bond donors (Lipinski definition) is 3. The molecule has 0 unspecified atom stereocenters. The highest BCUT2D eigenvalue weighted by molar-refractivity contribution is 7.22. The number of carbonyl (C=O) groups is 3. The molecule has 4 aliphatic rings. The Morgan fingerprint density at radius 2 is 1.53 bits per heavy atom. The fourth-order valence-electron chi connectivity index (χ4n) is 6.26. The second-order valence-electron chi connectivity index (χ2n) is 9.40. The van der Waals surface area contributed by atoms with E-state index >= 15 is 0 Å². The minimum Gasteiger partial charge on any atom is -0.326 e. The molecule has 0 atom stereocenters. The number of nitrogens with zero attached hydrogens (tertiary/aromatic N) is 1. The molecular weight excluding hydrogens is 400 g/mol. The Balaban J connectivity index is 1.44. The third kappa shape index (κ3) is 3.47. The van der Waals surface area contributed by atoms with Crippen molar-refractivity contribution >= 4 is 55.8 Å². The molecular formula is C22H26N4O3S. The second-order valence-corrected chi connectivity index (χ2v) is 10.4. The van der Waals surface area contributed by atoms with E-state index in [2.05, 4.69) is 20.9 Å². The summed E-state index contributed by atoms with van der Waals surface area (Å²) in [4.78, 5) is 41.1. The number of amides is 3. The van der Waals surface area contributed by atoms with Crippen LogP contribution >= 0.6 is 11.3 Å². The van der Waals surface area contributed by atoms with E-state index in [-0.39, 0.29) is 23.1 Å². The average molecular weight is 427 g/mol. The van der Waals surface area contributed by atoms with E-state index in [1.165, 1.54) is 44.4 Å². The van der Waals surface area contributed by atoms with Crippen LogP contribution in [-0.4, -0.2) is 22.7 Å². The number of hydrogen-bond acceptors (Lipinski definition) is 5. The van der Waals surface area contributed by atoms with Gasteiger partial charge in [0.2, 0.25) is 17.7 Å². The lowest BCUT2D eigenvalue weighted by Crippen LogP contribution is -2.51. The van der Waals surface area contributed by atoms with Crippen LogP contribution in [0.5, 0.6) is 0 Å². The van der Waals surface area contributed by atoms with Crippen LogP contribution in [0.2, 0.25) is 0 Å². The molecule has 30 heavy (non-hydrogen) atoms. The number of aromatic nitrogens is 1. The van der Waals surface area contributed by atoms with Crippen LogP contribution in [0.15, 0.2) is 12.1 Å². The van der Waals surface area contributed by atoms with Gasteiger partial charge in [-0.15, -0.1) is 0 Å². The molecule has 4 aliphatic carbocycles. The summed E-state index contributed by atoms with van der Waals surface area (Å²) >= 11 is 1.37. The highest BCUT2D eigenvalue weighted by Crippen LogP contribution is 2.60. The van der Waals surface area contributed by atoms with Gasteiger partial charge in [0.25, 0.3) is 0 Å². The lowest BCUT2D eigenvalue weighted by molar-refractivity contribution is -0.140. The van der Waals surface area contributed by atoms with Crippen molar-refractivity contribution in [2.24, 2.45) is 23.2 Å². The molecule has 1 aromatic carbocycles. The summed E-state index contributed by atoms with van der Waals surface area (Å²) in [5.41, 5.74) is 1.48.